The molecule has 0 saturated heterocycles. The highest BCUT2D eigenvalue weighted by Gasteiger charge is 2.31. The molecule has 6 rings (SSSR count). The van der Waals surface area contributed by atoms with Crippen molar-refractivity contribution >= 4 is 72.2 Å². The highest BCUT2D eigenvalue weighted by Crippen LogP contribution is 2.45. The minimum absolute atomic E-state index is 0.137. The third-order valence-electron chi connectivity index (χ3n) is 7.02. The zero-order chi connectivity index (χ0) is 21.4. The summed E-state index contributed by atoms with van der Waals surface area (Å²) in [6, 6.07) is 16.8. The number of benzene rings is 5. The second kappa shape index (κ2) is 6.72. The normalized spacial score (nSPS) is 14.2. The topological polar surface area (TPSA) is 20.3 Å². The molecule has 0 aliphatic carbocycles. The summed E-state index contributed by atoms with van der Waals surface area (Å²) >= 11 is 13.0. The first kappa shape index (κ1) is 19.2. The fraction of sp³-hybridized carbons (Fsp3) is 0.222. The standard InChI is InChI=1S/C27H21Cl2NO/c1-3-18(4-2)30-13-14-5-6-19-22-11-16(28)9-15-10-17(29)12-23(24(15)22)20-7-8-21(27(30)31)25(14)26(19)20/h5-12,18H,3-4,13H2,1-2H3. The smallest absolute Gasteiger partial charge is 0.255 e. The molecule has 0 bridgehead atoms. The van der Waals surface area contributed by atoms with Crippen LogP contribution in [0.25, 0.3) is 43.1 Å². The molecule has 1 amide bonds. The second-order valence-corrected chi connectivity index (χ2v) is 9.46. The zero-order valence-corrected chi connectivity index (χ0v) is 18.9. The Balaban J connectivity index is 1.78. The summed E-state index contributed by atoms with van der Waals surface area (Å²) in [6.45, 7) is 4.97. The Bertz CT molecular complexity index is 1480. The lowest BCUT2D eigenvalue weighted by Crippen LogP contribution is -2.41. The molecule has 4 heteroatoms. The first-order valence-corrected chi connectivity index (χ1v) is 11.6. The molecule has 0 spiro atoms. The van der Waals surface area contributed by atoms with Gasteiger partial charge in [0.15, 0.2) is 0 Å². The molecule has 31 heavy (non-hydrogen) atoms. The van der Waals surface area contributed by atoms with E-state index in [2.05, 4.69) is 32.0 Å². The molecule has 154 valence electrons. The van der Waals surface area contributed by atoms with E-state index in [0.29, 0.717) is 16.6 Å². The summed E-state index contributed by atoms with van der Waals surface area (Å²) in [5, 5.41) is 10.3. The molecule has 0 atom stereocenters. The third kappa shape index (κ3) is 2.55. The van der Waals surface area contributed by atoms with Gasteiger partial charge < -0.3 is 4.90 Å². The van der Waals surface area contributed by atoms with Crippen molar-refractivity contribution < 1.29 is 4.79 Å². The highest BCUT2D eigenvalue weighted by molar-refractivity contribution is 6.40. The quantitative estimate of drug-likeness (QED) is 0.202. The van der Waals surface area contributed by atoms with Crippen molar-refractivity contribution in [1.29, 1.82) is 0 Å². The molecule has 0 saturated carbocycles. The molecule has 0 aromatic heterocycles. The van der Waals surface area contributed by atoms with E-state index >= 15 is 0 Å². The van der Waals surface area contributed by atoms with Gasteiger partial charge in [-0.15, -0.1) is 0 Å². The average molecular weight is 446 g/mol. The predicted molar refractivity (Wildman–Crippen MR) is 132 cm³/mol. The molecule has 0 N–H and O–H groups in total. The Hall–Kier alpha value is -2.55. The Morgan fingerprint density at radius 1 is 0.806 bits per heavy atom. The Morgan fingerprint density at radius 2 is 1.42 bits per heavy atom. The van der Waals surface area contributed by atoms with E-state index in [4.69, 9.17) is 23.2 Å². The average Bonchev–Trinajstić information content (AvgIpc) is 2.76. The first-order valence-electron chi connectivity index (χ1n) is 10.8. The molecule has 1 aliphatic heterocycles. The number of hydrogen-bond donors (Lipinski definition) is 0. The largest absolute Gasteiger partial charge is 0.331 e. The minimum atomic E-state index is 0.137. The van der Waals surface area contributed by atoms with Crippen molar-refractivity contribution in [3.8, 4) is 0 Å². The van der Waals surface area contributed by atoms with Gasteiger partial charge in [-0.05, 0) is 86.4 Å². The number of halogens is 2. The zero-order valence-electron chi connectivity index (χ0n) is 17.4. The third-order valence-corrected chi connectivity index (χ3v) is 7.46. The van der Waals surface area contributed by atoms with Crippen molar-refractivity contribution in [3.05, 3.63) is 69.7 Å². The van der Waals surface area contributed by atoms with Crippen LogP contribution in [0.15, 0.2) is 48.5 Å². The van der Waals surface area contributed by atoms with Crippen LogP contribution in [-0.2, 0) is 6.54 Å². The maximum Gasteiger partial charge on any atom is 0.255 e. The number of amides is 1. The summed E-state index contributed by atoms with van der Waals surface area (Å²) in [5.74, 6) is 0.137. The highest BCUT2D eigenvalue weighted by atomic mass is 35.5. The van der Waals surface area contributed by atoms with E-state index in [1.807, 2.05) is 35.2 Å². The fourth-order valence-corrected chi connectivity index (χ4v) is 6.08. The van der Waals surface area contributed by atoms with Gasteiger partial charge in [-0.2, -0.15) is 0 Å². The summed E-state index contributed by atoms with van der Waals surface area (Å²) in [6.07, 6.45) is 1.92. The second-order valence-electron chi connectivity index (χ2n) is 8.59. The van der Waals surface area contributed by atoms with Gasteiger partial charge in [0, 0.05) is 33.6 Å². The first-order chi connectivity index (χ1) is 15.0. The summed E-state index contributed by atoms with van der Waals surface area (Å²) < 4.78 is 0. The Kier molecular flexibility index (Phi) is 4.15. The molecule has 2 nitrogen and oxygen atoms in total. The minimum Gasteiger partial charge on any atom is -0.331 e. The van der Waals surface area contributed by atoms with Crippen LogP contribution in [0.1, 0.15) is 42.6 Å². The summed E-state index contributed by atoms with van der Waals surface area (Å²) in [4.78, 5) is 15.6. The molecule has 5 aromatic rings. The van der Waals surface area contributed by atoms with Crippen LogP contribution in [0.4, 0.5) is 0 Å². The van der Waals surface area contributed by atoms with Gasteiger partial charge in [-0.25, -0.2) is 0 Å². The van der Waals surface area contributed by atoms with Crippen LogP contribution in [0.2, 0.25) is 10.0 Å². The SMILES string of the molecule is CCC(CC)N1Cc2ccc3c4cc(Cl)cc5cc(Cl)cc(c6ccc(c2c36)C1=O)c54. The van der Waals surface area contributed by atoms with Crippen LogP contribution in [0, 0.1) is 0 Å². The molecule has 0 radical (unpaired) electrons. The Labute approximate surface area is 190 Å². The summed E-state index contributed by atoms with van der Waals surface area (Å²) in [5.41, 5.74) is 2.02. The van der Waals surface area contributed by atoms with Crippen molar-refractivity contribution in [2.75, 3.05) is 0 Å². The van der Waals surface area contributed by atoms with E-state index in [-0.39, 0.29) is 11.9 Å². The van der Waals surface area contributed by atoms with E-state index < -0.39 is 0 Å². The van der Waals surface area contributed by atoms with Gasteiger partial charge in [0.1, 0.15) is 0 Å². The van der Waals surface area contributed by atoms with Crippen molar-refractivity contribution in [3.63, 3.8) is 0 Å². The van der Waals surface area contributed by atoms with Crippen LogP contribution >= 0.6 is 23.2 Å². The molecule has 0 fully saturated rings. The van der Waals surface area contributed by atoms with E-state index in [1.54, 1.807) is 0 Å². The van der Waals surface area contributed by atoms with Crippen molar-refractivity contribution in [2.24, 2.45) is 0 Å². The lowest BCUT2D eigenvalue weighted by molar-refractivity contribution is 0.0643. The van der Waals surface area contributed by atoms with E-state index in [0.717, 1.165) is 56.1 Å². The number of carbonyl (C=O) groups excluding carboxylic acids is 1. The molecular formula is C27H21Cl2NO. The maximum atomic E-state index is 13.5. The number of fused-ring (bicyclic) bond motifs is 2. The maximum absolute atomic E-state index is 13.5. The molecule has 1 aliphatic rings. The van der Waals surface area contributed by atoms with Crippen LogP contribution in [-0.4, -0.2) is 16.8 Å². The van der Waals surface area contributed by atoms with Gasteiger partial charge in [-0.1, -0.05) is 55.2 Å². The number of carbonyl (C=O) groups is 1. The molecular weight excluding hydrogens is 425 g/mol. The van der Waals surface area contributed by atoms with Gasteiger partial charge >= 0.3 is 0 Å². The molecule has 5 aromatic carbocycles. The van der Waals surface area contributed by atoms with Gasteiger partial charge in [0.25, 0.3) is 5.91 Å². The molecule has 1 heterocycles. The lowest BCUT2D eigenvalue weighted by Gasteiger charge is -2.35. The van der Waals surface area contributed by atoms with Gasteiger partial charge in [0.05, 0.1) is 0 Å². The van der Waals surface area contributed by atoms with E-state index in [9.17, 15) is 4.79 Å². The van der Waals surface area contributed by atoms with Gasteiger partial charge in [-0.3, -0.25) is 4.79 Å². The predicted octanol–water partition coefficient (Wildman–Crippen LogP) is 8.19. The lowest BCUT2D eigenvalue weighted by atomic mass is 9.84. The molecule has 0 unspecified atom stereocenters. The number of rotatable bonds is 3. The summed E-state index contributed by atoms with van der Waals surface area (Å²) in [7, 11) is 0. The van der Waals surface area contributed by atoms with Crippen LogP contribution < -0.4 is 0 Å². The number of hydrogen-bond acceptors (Lipinski definition) is 1. The monoisotopic (exact) mass is 445 g/mol. The van der Waals surface area contributed by atoms with E-state index in [1.165, 1.54) is 10.9 Å². The Morgan fingerprint density at radius 3 is 2.03 bits per heavy atom. The fourth-order valence-electron chi connectivity index (χ4n) is 5.63. The van der Waals surface area contributed by atoms with Crippen molar-refractivity contribution in [1.82, 2.24) is 4.90 Å². The van der Waals surface area contributed by atoms with Crippen molar-refractivity contribution in [2.45, 2.75) is 39.3 Å². The van der Waals surface area contributed by atoms with Gasteiger partial charge in [0.2, 0.25) is 0 Å². The van der Waals surface area contributed by atoms with Crippen LogP contribution in [0.3, 0.4) is 0 Å². The number of nitrogens with zero attached hydrogens (tertiary/aromatic N) is 1. The van der Waals surface area contributed by atoms with Crippen LogP contribution in [0.5, 0.6) is 0 Å².